The number of nitrogens with one attached hydrogen (secondary N) is 1. The molecule has 0 radical (unpaired) electrons. The van der Waals surface area contributed by atoms with Crippen molar-refractivity contribution in [3.8, 4) is 11.5 Å². The van der Waals surface area contributed by atoms with Gasteiger partial charge in [-0.15, -0.1) is 0 Å². The monoisotopic (exact) mass is 423 g/mol. The van der Waals surface area contributed by atoms with Crippen LogP contribution in [-0.2, 0) is 14.3 Å². The number of para-hydroxylation sites is 1. The van der Waals surface area contributed by atoms with Gasteiger partial charge >= 0.3 is 5.97 Å². The molecule has 31 heavy (non-hydrogen) atoms. The Hall–Kier alpha value is -3.28. The maximum Gasteiger partial charge on any atom is 0.331 e. The Morgan fingerprint density at radius 2 is 1.65 bits per heavy atom. The summed E-state index contributed by atoms with van der Waals surface area (Å²) in [5.74, 6) is 0.884. The molecule has 164 valence electrons. The predicted molar refractivity (Wildman–Crippen MR) is 121 cm³/mol. The van der Waals surface area contributed by atoms with Gasteiger partial charge in [-0.1, -0.05) is 52.0 Å². The molecule has 0 spiro atoms. The minimum Gasteiger partial charge on any atom is -0.486 e. The SMILES string of the molecule is CC(C)c1cccc(C(C)C)c1NC(=O)COC(=O)C=Cc1ccc2c(c1)OCCO2. The first-order valence-corrected chi connectivity index (χ1v) is 10.5. The highest BCUT2D eigenvalue weighted by molar-refractivity contribution is 5.96. The van der Waals surface area contributed by atoms with Gasteiger partial charge in [0, 0.05) is 11.8 Å². The van der Waals surface area contributed by atoms with E-state index in [9.17, 15) is 9.59 Å². The van der Waals surface area contributed by atoms with E-state index in [1.807, 2.05) is 24.3 Å². The number of carbonyl (C=O) groups excluding carboxylic acids is 2. The average molecular weight is 424 g/mol. The summed E-state index contributed by atoms with van der Waals surface area (Å²) in [7, 11) is 0. The second kappa shape index (κ2) is 10.2. The first-order valence-electron chi connectivity index (χ1n) is 10.5. The third-order valence-corrected chi connectivity index (χ3v) is 4.96. The highest BCUT2D eigenvalue weighted by Crippen LogP contribution is 2.32. The summed E-state index contributed by atoms with van der Waals surface area (Å²) in [5, 5.41) is 2.93. The molecule has 0 aromatic heterocycles. The van der Waals surface area contributed by atoms with Gasteiger partial charge in [-0.25, -0.2) is 4.79 Å². The standard InChI is InChI=1S/C25H29NO5/c1-16(2)19-6-5-7-20(17(3)4)25(19)26-23(27)15-31-24(28)11-9-18-8-10-21-22(14-18)30-13-12-29-21/h5-11,14,16-17H,12-13,15H2,1-4H3,(H,26,27). The number of rotatable bonds is 7. The molecule has 6 nitrogen and oxygen atoms in total. The van der Waals surface area contributed by atoms with Gasteiger partial charge in [-0.2, -0.15) is 0 Å². The first kappa shape index (κ1) is 22.4. The fourth-order valence-electron chi connectivity index (χ4n) is 3.38. The number of fused-ring (bicyclic) bond motifs is 1. The van der Waals surface area contributed by atoms with E-state index < -0.39 is 5.97 Å². The molecule has 0 fully saturated rings. The van der Waals surface area contributed by atoms with Crippen LogP contribution in [0.4, 0.5) is 5.69 Å². The Kier molecular flexibility index (Phi) is 7.34. The summed E-state index contributed by atoms with van der Waals surface area (Å²) in [6.45, 7) is 8.99. The zero-order valence-corrected chi connectivity index (χ0v) is 18.4. The molecule has 0 bridgehead atoms. The number of hydrogen-bond donors (Lipinski definition) is 1. The summed E-state index contributed by atoms with van der Waals surface area (Å²) in [6, 6.07) is 11.4. The van der Waals surface area contributed by atoms with E-state index in [0.29, 0.717) is 24.7 Å². The predicted octanol–water partition coefficient (Wildman–Crippen LogP) is 4.90. The van der Waals surface area contributed by atoms with Crippen LogP contribution in [-0.4, -0.2) is 31.7 Å². The van der Waals surface area contributed by atoms with Crippen molar-refractivity contribution in [1.82, 2.24) is 0 Å². The largest absolute Gasteiger partial charge is 0.486 e. The number of anilines is 1. The summed E-state index contributed by atoms with van der Waals surface area (Å²) in [4.78, 5) is 24.5. The molecule has 1 N–H and O–H groups in total. The van der Waals surface area contributed by atoms with Crippen LogP contribution in [0.3, 0.4) is 0 Å². The van der Waals surface area contributed by atoms with Gasteiger partial charge < -0.3 is 19.5 Å². The maximum absolute atomic E-state index is 12.5. The lowest BCUT2D eigenvalue weighted by molar-refractivity contribution is -0.142. The minimum absolute atomic E-state index is 0.255. The number of hydrogen-bond acceptors (Lipinski definition) is 5. The van der Waals surface area contributed by atoms with Crippen LogP contribution in [0.5, 0.6) is 11.5 Å². The third-order valence-electron chi connectivity index (χ3n) is 4.96. The number of benzene rings is 2. The van der Waals surface area contributed by atoms with Crippen LogP contribution in [0, 0.1) is 0 Å². The normalized spacial score (nSPS) is 13.0. The molecular formula is C25H29NO5. The van der Waals surface area contributed by atoms with Crippen molar-refractivity contribution >= 4 is 23.6 Å². The molecule has 0 unspecified atom stereocenters. The summed E-state index contributed by atoms with van der Waals surface area (Å²) < 4.78 is 16.1. The van der Waals surface area contributed by atoms with E-state index in [4.69, 9.17) is 14.2 Å². The fourth-order valence-corrected chi connectivity index (χ4v) is 3.38. The smallest absolute Gasteiger partial charge is 0.331 e. The van der Waals surface area contributed by atoms with Gasteiger partial charge in [0.1, 0.15) is 13.2 Å². The van der Waals surface area contributed by atoms with Gasteiger partial charge in [0.25, 0.3) is 5.91 Å². The number of carbonyl (C=O) groups is 2. The highest BCUT2D eigenvalue weighted by atomic mass is 16.6. The molecule has 2 aromatic carbocycles. The van der Waals surface area contributed by atoms with E-state index in [1.54, 1.807) is 18.2 Å². The van der Waals surface area contributed by atoms with Crippen molar-refractivity contribution in [2.75, 3.05) is 25.1 Å². The number of esters is 1. The second-order valence-electron chi connectivity index (χ2n) is 8.01. The van der Waals surface area contributed by atoms with Crippen molar-refractivity contribution < 1.29 is 23.8 Å². The summed E-state index contributed by atoms with van der Waals surface area (Å²) >= 11 is 0. The molecule has 0 aliphatic carbocycles. The lowest BCUT2D eigenvalue weighted by atomic mass is 9.92. The molecular weight excluding hydrogens is 394 g/mol. The number of amides is 1. The van der Waals surface area contributed by atoms with Gasteiger partial charge in [-0.05, 0) is 46.7 Å². The van der Waals surface area contributed by atoms with Crippen LogP contribution in [0.25, 0.3) is 6.08 Å². The van der Waals surface area contributed by atoms with E-state index >= 15 is 0 Å². The van der Waals surface area contributed by atoms with E-state index in [0.717, 1.165) is 22.4 Å². The first-order chi connectivity index (χ1) is 14.8. The molecule has 0 atom stereocenters. The van der Waals surface area contributed by atoms with Crippen molar-refractivity contribution in [1.29, 1.82) is 0 Å². The molecule has 1 amide bonds. The van der Waals surface area contributed by atoms with Crippen molar-refractivity contribution in [3.63, 3.8) is 0 Å². The fraction of sp³-hybridized carbons (Fsp3) is 0.360. The Balaban J connectivity index is 1.59. The maximum atomic E-state index is 12.5. The van der Waals surface area contributed by atoms with Crippen LogP contribution < -0.4 is 14.8 Å². The third kappa shape index (κ3) is 5.87. The zero-order chi connectivity index (χ0) is 22.4. The molecule has 3 rings (SSSR count). The molecule has 6 heteroatoms. The van der Waals surface area contributed by atoms with Gasteiger partial charge in [0.15, 0.2) is 18.1 Å². The zero-order valence-electron chi connectivity index (χ0n) is 18.4. The minimum atomic E-state index is -0.591. The molecule has 2 aromatic rings. The molecule has 1 aliphatic rings. The van der Waals surface area contributed by atoms with Gasteiger partial charge in [0.2, 0.25) is 0 Å². The van der Waals surface area contributed by atoms with Crippen molar-refractivity contribution in [2.24, 2.45) is 0 Å². The van der Waals surface area contributed by atoms with Crippen LogP contribution >= 0.6 is 0 Å². The molecule has 1 heterocycles. The average Bonchev–Trinajstić information content (AvgIpc) is 2.75. The Morgan fingerprint density at radius 1 is 1.00 bits per heavy atom. The number of ether oxygens (including phenoxy) is 3. The van der Waals surface area contributed by atoms with Crippen LogP contribution in [0.15, 0.2) is 42.5 Å². The Morgan fingerprint density at radius 3 is 2.29 bits per heavy atom. The molecule has 0 saturated heterocycles. The Bertz CT molecular complexity index is 952. The lowest BCUT2D eigenvalue weighted by Gasteiger charge is -2.20. The second-order valence-corrected chi connectivity index (χ2v) is 8.01. The van der Waals surface area contributed by atoms with Crippen LogP contribution in [0.1, 0.15) is 56.2 Å². The van der Waals surface area contributed by atoms with Crippen molar-refractivity contribution in [2.45, 2.75) is 39.5 Å². The van der Waals surface area contributed by atoms with Gasteiger partial charge in [-0.3, -0.25) is 4.79 Å². The molecule has 0 saturated carbocycles. The summed E-state index contributed by atoms with van der Waals surface area (Å²) in [6.07, 6.45) is 2.91. The van der Waals surface area contributed by atoms with E-state index in [1.165, 1.54) is 6.08 Å². The van der Waals surface area contributed by atoms with Gasteiger partial charge in [0.05, 0.1) is 0 Å². The highest BCUT2D eigenvalue weighted by Gasteiger charge is 2.16. The Labute approximate surface area is 183 Å². The van der Waals surface area contributed by atoms with Crippen molar-refractivity contribution in [3.05, 3.63) is 59.2 Å². The van der Waals surface area contributed by atoms with Crippen LogP contribution in [0.2, 0.25) is 0 Å². The summed E-state index contributed by atoms with van der Waals surface area (Å²) in [5.41, 5.74) is 3.70. The topological polar surface area (TPSA) is 73.9 Å². The van der Waals surface area contributed by atoms with E-state index in [-0.39, 0.29) is 24.3 Å². The lowest BCUT2D eigenvalue weighted by Crippen LogP contribution is -2.22. The molecule has 1 aliphatic heterocycles. The quantitative estimate of drug-likeness (QED) is 0.506. The van der Waals surface area contributed by atoms with E-state index in [2.05, 4.69) is 33.0 Å².